The molecule has 1 aromatic carbocycles. The minimum Gasteiger partial charge on any atom is -0.497 e. The van der Waals surface area contributed by atoms with Crippen molar-refractivity contribution in [3.8, 4) is 17.5 Å². The number of amides is 1. The van der Waals surface area contributed by atoms with Crippen LogP contribution in [0.5, 0.6) is 5.75 Å². The summed E-state index contributed by atoms with van der Waals surface area (Å²) >= 11 is 0. The van der Waals surface area contributed by atoms with Gasteiger partial charge in [-0.25, -0.2) is 0 Å². The fourth-order valence-electron chi connectivity index (χ4n) is 3.61. The van der Waals surface area contributed by atoms with Gasteiger partial charge in [0.2, 0.25) is 0 Å². The van der Waals surface area contributed by atoms with Crippen LogP contribution in [0.15, 0.2) is 35.9 Å². The SMILES string of the molecule is COc1ccc(-n2c(C)cc(C=C(C#N)C(=O)NCCN3CCOCC3)c2C)cc1. The molecule has 1 aliphatic rings. The summed E-state index contributed by atoms with van der Waals surface area (Å²) in [6.45, 7) is 8.42. The van der Waals surface area contributed by atoms with E-state index >= 15 is 0 Å². The molecule has 30 heavy (non-hydrogen) atoms. The molecule has 158 valence electrons. The molecule has 0 atom stereocenters. The van der Waals surface area contributed by atoms with Crippen LogP contribution in [0.3, 0.4) is 0 Å². The maximum absolute atomic E-state index is 12.5. The molecule has 0 spiro atoms. The smallest absolute Gasteiger partial charge is 0.261 e. The number of aryl methyl sites for hydroxylation is 1. The Kier molecular flexibility index (Phi) is 7.28. The molecule has 0 aliphatic carbocycles. The van der Waals surface area contributed by atoms with Crippen molar-refractivity contribution in [1.82, 2.24) is 14.8 Å². The summed E-state index contributed by atoms with van der Waals surface area (Å²) in [5.74, 6) is 0.446. The van der Waals surface area contributed by atoms with Gasteiger partial charge in [0.05, 0.1) is 20.3 Å². The van der Waals surface area contributed by atoms with Crippen LogP contribution >= 0.6 is 0 Å². The highest BCUT2D eigenvalue weighted by molar-refractivity contribution is 6.01. The third-order valence-corrected chi connectivity index (χ3v) is 5.28. The fraction of sp³-hybridized carbons (Fsp3) is 0.391. The zero-order valence-electron chi connectivity index (χ0n) is 17.8. The van der Waals surface area contributed by atoms with Gasteiger partial charge in [-0.15, -0.1) is 0 Å². The van der Waals surface area contributed by atoms with Crippen molar-refractivity contribution >= 4 is 12.0 Å². The van der Waals surface area contributed by atoms with Crippen LogP contribution < -0.4 is 10.1 Å². The van der Waals surface area contributed by atoms with E-state index in [0.29, 0.717) is 6.54 Å². The second-order valence-electron chi connectivity index (χ2n) is 7.24. The average Bonchev–Trinajstić information content (AvgIpc) is 3.05. The van der Waals surface area contributed by atoms with Gasteiger partial charge in [-0.1, -0.05) is 0 Å². The van der Waals surface area contributed by atoms with E-state index < -0.39 is 0 Å². The highest BCUT2D eigenvalue weighted by Crippen LogP contribution is 2.24. The first kappa shape index (κ1) is 21.6. The molecule has 1 saturated heterocycles. The van der Waals surface area contributed by atoms with Crippen molar-refractivity contribution in [3.63, 3.8) is 0 Å². The van der Waals surface area contributed by atoms with E-state index in [0.717, 1.165) is 61.2 Å². The van der Waals surface area contributed by atoms with Gasteiger partial charge >= 0.3 is 0 Å². The predicted octanol–water partition coefficient (Wildman–Crippen LogP) is 2.46. The zero-order chi connectivity index (χ0) is 21.5. The Balaban J connectivity index is 1.71. The van der Waals surface area contributed by atoms with Crippen LogP contribution in [-0.2, 0) is 9.53 Å². The molecule has 0 unspecified atom stereocenters. The molecule has 3 rings (SSSR count). The third kappa shape index (κ3) is 5.09. The van der Waals surface area contributed by atoms with E-state index in [-0.39, 0.29) is 11.5 Å². The van der Waals surface area contributed by atoms with Gasteiger partial charge in [0, 0.05) is 43.3 Å². The molecule has 7 nitrogen and oxygen atoms in total. The Hall–Kier alpha value is -3.08. The Bertz CT molecular complexity index is 948. The summed E-state index contributed by atoms with van der Waals surface area (Å²) in [5, 5.41) is 12.4. The lowest BCUT2D eigenvalue weighted by atomic mass is 10.1. The first-order valence-electron chi connectivity index (χ1n) is 10.1. The van der Waals surface area contributed by atoms with E-state index in [1.54, 1.807) is 13.2 Å². The van der Waals surface area contributed by atoms with Crippen LogP contribution in [0.1, 0.15) is 17.0 Å². The van der Waals surface area contributed by atoms with E-state index in [4.69, 9.17) is 9.47 Å². The number of rotatable bonds is 7. The van der Waals surface area contributed by atoms with Gasteiger partial charge in [-0.2, -0.15) is 5.26 Å². The number of methoxy groups -OCH3 is 1. The monoisotopic (exact) mass is 408 g/mol. The normalized spacial score (nSPS) is 14.9. The van der Waals surface area contributed by atoms with Gasteiger partial charge in [0.1, 0.15) is 17.4 Å². The molecule has 1 fully saturated rings. The van der Waals surface area contributed by atoms with Gasteiger partial charge < -0.3 is 19.4 Å². The van der Waals surface area contributed by atoms with Crippen LogP contribution in [0, 0.1) is 25.2 Å². The second-order valence-corrected chi connectivity index (χ2v) is 7.24. The van der Waals surface area contributed by atoms with E-state index in [1.165, 1.54) is 0 Å². The molecule has 1 amide bonds. The Morgan fingerprint density at radius 1 is 1.27 bits per heavy atom. The predicted molar refractivity (Wildman–Crippen MR) is 116 cm³/mol. The number of morpholine rings is 1. The van der Waals surface area contributed by atoms with Crippen molar-refractivity contribution in [3.05, 3.63) is 52.9 Å². The Labute approximate surface area is 177 Å². The molecular weight excluding hydrogens is 380 g/mol. The van der Waals surface area contributed by atoms with E-state index in [2.05, 4.69) is 14.8 Å². The van der Waals surface area contributed by atoms with Gasteiger partial charge in [-0.05, 0) is 55.8 Å². The summed E-state index contributed by atoms with van der Waals surface area (Å²) in [4.78, 5) is 14.7. The average molecular weight is 409 g/mol. The first-order valence-corrected chi connectivity index (χ1v) is 10.1. The molecule has 1 N–H and O–H groups in total. The summed E-state index contributed by atoms with van der Waals surface area (Å²) in [5.41, 5.74) is 3.94. The highest BCUT2D eigenvalue weighted by Gasteiger charge is 2.15. The highest BCUT2D eigenvalue weighted by atomic mass is 16.5. The molecule has 1 aliphatic heterocycles. The number of nitriles is 1. The van der Waals surface area contributed by atoms with Crippen molar-refractivity contribution in [2.75, 3.05) is 46.5 Å². The van der Waals surface area contributed by atoms with E-state index in [1.807, 2.05) is 50.2 Å². The number of ether oxygens (including phenoxy) is 2. The standard InChI is InChI=1S/C23H28N4O3/c1-17-14-19(18(2)27(17)21-4-6-22(29-3)7-5-21)15-20(16-24)23(28)25-8-9-26-10-12-30-13-11-26/h4-7,14-15H,8-13H2,1-3H3,(H,25,28). The summed E-state index contributed by atoms with van der Waals surface area (Å²) in [6.07, 6.45) is 1.66. The number of benzene rings is 1. The summed E-state index contributed by atoms with van der Waals surface area (Å²) < 4.78 is 12.6. The topological polar surface area (TPSA) is 79.5 Å². The minimum atomic E-state index is -0.347. The summed E-state index contributed by atoms with van der Waals surface area (Å²) in [6, 6.07) is 11.8. The number of nitrogens with zero attached hydrogens (tertiary/aromatic N) is 3. The lowest BCUT2D eigenvalue weighted by Crippen LogP contribution is -2.41. The zero-order valence-corrected chi connectivity index (χ0v) is 17.8. The van der Waals surface area contributed by atoms with Crippen LogP contribution in [0.2, 0.25) is 0 Å². The molecule has 7 heteroatoms. The van der Waals surface area contributed by atoms with Gasteiger partial charge in [-0.3, -0.25) is 9.69 Å². The van der Waals surface area contributed by atoms with E-state index in [9.17, 15) is 10.1 Å². The molecule has 2 heterocycles. The van der Waals surface area contributed by atoms with Crippen LogP contribution in [0.4, 0.5) is 0 Å². The quantitative estimate of drug-likeness (QED) is 0.562. The molecule has 1 aromatic heterocycles. The fourth-order valence-corrected chi connectivity index (χ4v) is 3.61. The molecular formula is C23H28N4O3. The van der Waals surface area contributed by atoms with Crippen molar-refractivity contribution < 1.29 is 14.3 Å². The lowest BCUT2D eigenvalue weighted by molar-refractivity contribution is -0.117. The number of hydrogen-bond donors (Lipinski definition) is 1. The second kappa shape index (κ2) is 10.1. The third-order valence-electron chi connectivity index (χ3n) is 5.28. The van der Waals surface area contributed by atoms with Crippen molar-refractivity contribution in [2.24, 2.45) is 0 Å². The first-order chi connectivity index (χ1) is 14.5. The molecule has 0 saturated carbocycles. The van der Waals surface area contributed by atoms with Crippen molar-refractivity contribution in [1.29, 1.82) is 5.26 Å². The van der Waals surface area contributed by atoms with Crippen LogP contribution in [-0.4, -0.2) is 61.9 Å². The maximum atomic E-state index is 12.5. The number of nitrogens with one attached hydrogen (secondary N) is 1. The van der Waals surface area contributed by atoms with Crippen molar-refractivity contribution in [2.45, 2.75) is 13.8 Å². The largest absolute Gasteiger partial charge is 0.497 e. The van der Waals surface area contributed by atoms with Gasteiger partial charge in [0.25, 0.3) is 5.91 Å². The lowest BCUT2D eigenvalue weighted by Gasteiger charge is -2.26. The molecule has 2 aromatic rings. The van der Waals surface area contributed by atoms with Gasteiger partial charge in [0.15, 0.2) is 0 Å². The summed E-state index contributed by atoms with van der Waals surface area (Å²) in [7, 11) is 1.64. The Morgan fingerprint density at radius 2 is 1.97 bits per heavy atom. The Morgan fingerprint density at radius 3 is 2.60 bits per heavy atom. The van der Waals surface area contributed by atoms with Crippen LogP contribution in [0.25, 0.3) is 11.8 Å². The number of carbonyl (C=O) groups excluding carboxylic acids is 1. The number of hydrogen-bond acceptors (Lipinski definition) is 5. The maximum Gasteiger partial charge on any atom is 0.261 e. The number of carbonyl (C=O) groups is 1. The number of aromatic nitrogens is 1. The minimum absolute atomic E-state index is 0.104. The molecule has 0 bridgehead atoms. The molecule has 0 radical (unpaired) electrons.